The molecule has 192 valence electrons. The first-order valence-electron chi connectivity index (χ1n) is 10.3. The fourth-order valence-electron chi connectivity index (χ4n) is 2.94. The van der Waals surface area contributed by atoms with Gasteiger partial charge < -0.3 is 5.32 Å². The van der Waals surface area contributed by atoms with Crippen LogP contribution in [0.2, 0.25) is 0 Å². The van der Waals surface area contributed by atoms with E-state index < -0.39 is 50.5 Å². The Hall–Kier alpha value is -2.86. The van der Waals surface area contributed by atoms with Gasteiger partial charge in [-0.1, -0.05) is 39.5 Å². The summed E-state index contributed by atoms with van der Waals surface area (Å²) in [5.74, 6) is -0.888. The van der Waals surface area contributed by atoms with E-state index in [0.717, 1.165) is 30.0 Å². The van der Waals surface area contributed by atoms with Gasteiger partial charge in [0.15, 0.2) is 9.84 Å². The van der Waals surface area contributed by atoms with Gasteiger partial charge in [-0.25, -0.2) is 16.8 Å². The molecule has 0 fully saturated rings. The standard InChI is InChI=1S/C23H27F3N2O5S2/c1-15(23(24,25)26)12-13-27-21(29)19-11-10-18(34(5,30)31)14-20(19)28-35(32,33)17-8-6-16(7-9-17)22(2,3)4/h6-11,14,28H,1,12-13H2,2-5H3,(H,27,29). The van der Waals surface area contributed by atoms with Crippen LogP contribution in [0.3, 0.4) is 0 Å². The van der Waals surface area contributed by atoms with Crippen LogP contribution in [0.1, 0.15) is 43.1 Å². The lowest BCUT2D eigenvalue weighted by Gasteiger charge is -2.19. The molecule has 12 heteroatoms. The number of alkyl halides is 3. The Balaban J connectivity index is 2.38. The van der Waals surface area contributed by atoms with Crippen LogP contribution < -0.4 is 10.0 Å². The van der Waals surface area contributed by atoms with Crippen LogP contribution in [0.25, 0.3) is 0 Å². The molecule has 2 N–H and O–H groups in total. The lowest BCUT2D eigenvalue weighted by Crippen LogP contribution is -2.28. The maximum Gasteiger partial charge on any atom is 0.412 e. The van der Waals surface area contributed by atoms with Gasteiger partial charge in [0, 0.05) is 18.4 Å². The van der Waals surface area contributed by atoms with Crippen LogP contribution in [-0.2, 0) is 25.3 Å². The molecule has 0 atom stereocenters. The first kappa shape index (κ1) is 28.4. The van der Waals surface area contributed by atoms with Gasteiger partial charge in [0.05, 0.1) is 21.0 Å². The number of benzene rings is 2. The van der Waals surface area contributed by atoms with E-state index in [9.17, 15) is 34.8 Å². The monoisotopic (exact) mass is 532 g/mol. The van der Waals surface area contributed by atoms with Gasteiger partial charge in [-0.05, 0) is 47.7 Å². The first-order valence-corrected chi connectivity index (χ1v) is 13.7. The van der Waals surface area contributed by atoms with E-state index in [0.29, 0.717) is 0 Å². The predicted octanol–water partition coefficient (Wildman–Crippen LogP) is 4.43. The highest BCUT2D eigenvalue weighted by Crippen LogP contribution is 2.28. The quantitative estimate of drug-likeness (QED) is 0.489. The van der Waals surface area contributed by atoms with Gasteiger partial charge >= 0.3 is 6.18 Å². The average Bonchev–Trinajstić information content (AvgIpc) is 2.71. The van der Waals surface area contributed by atoms with E-state index in [2.05, 4.69) is 16.6 Å². The van der Waals surface area contributed by atoms with Crippen molar-refractivity contribution in [2.45, 2.75) is 48.6 Å². The zero-order valence-corrected chi connectivity index (χ0v) is 21.3. The second-order valence-electron chi connectivity index (χ2n) is 8.97. The number of halogens is 3. The van der Waals surface area contributed by atoms with Crippen molar-refractivity contribution in [1.29, 1.82) is 0 Å². The maximum absolute atomic E-state index is 13.0. The molecule has 0 aliphatic heterocycles. The molecule has 0 spiro atoms. The summed E-state index contributed by atoms with van der Waals surface area (Å²) in [5.41, 5.74) is -0.965. The van der Waals surface area contributed by atoms with Crippen LogP contribution in [0.15, 0.2) is 64.4 Å². The van der Waals surface area contributed by atoms with Crippen molar-refractivity contribution in [1.82, 2.24) is 5.32 Å². The highest BCUT2D eigenvalue weighted by atomic mass is 32.2. The molecular weight excluding hydrogens is 505 g/mol. The molecule has 2 aromatic rings. The van der Waals surface area contributed by atoms with Crippen LogP contribution in [0.4, 0.5) is 18.9 Å². The molecule has 0 heterocycles. The minimum absolute atomic E-state index is 0.122. The second kappa shape index (κ2) is 10.0. The van der Waals surface area contributed by atoms with E-state index >= 15 is 0 Å². The third kappa shape index (κ3) is 7.56. The molecule has 0 unspecified atom stereocenters. The Bertz CT molecular complexity index is 1330. The Labute approximate surface area is 203 Å². The molecule has 1 amide bonds. The highest BCUT2D eigenvalue weighted by Gasteiger charge is 2.31. The van der Waals surface area contributed by atoms with Gasteiger partial charge in [0.2, 0.25) is 0 Å². The summed E-state index contributed by atoms with van der Waals surface area (Å²) in [7, 11) is -7.99. The number of carbonyl (C=O) groups is 1. The van der Waals surface area contributed by atoms with Gasteiger partial charge in [-0.15, -0.1) is 0 Å². The first-order chi connectivity index (χ1) is 15.8. The molecule has 2 aromatic carbocycles. The summed E-state index contributed by atoms with van der Waals surface area (Å²) >= 11 is 0. The molecule has 35 heavy (non-hydrogen) atoms. The van der Waals surface area contributed by atoms with E-state index in [1.807, 2.05) is 20.8 Å². The Morgan fingerprint density at radius 1 is 0.943 bits per heavy atom. The van der Waals surface area contributed by atoms with Crippen molar-refractivity contribution in [2.24, 2.45) is 0 Å². The van der Waals surface area contributed by atoms with Gasteiger partial charge in [-0.2, -0.15) is 13.2 Å². The van der Waals surface area contributed by atoms with Crippen molar-refractivity contribution < 1.29 is 34.8 Å². The summed E-state index contributed by atoms with van der Waals surface area (Å²) in [6.07, 6.45) is -4.27. The lowest BCUT2D eigenvalue weighted by molar-refractivity contribution is -0.0934. The normalized spacial score (nSPS) is 12.8. The van der Waals surface area contributed by atoms with E-state index in [1.165, 1.54) is 12.1 Å². The molecule has 0 saturated carbocycles. The number of anilines is 1. The molecule has 2 rings (SSSR count). The number of amides is 1. The summed E-state index contributed by atoms with van der Waals surface area (Å²) < 4.78 is 90.0. The number of hydrogen-bond acceptors (Lipinski definition) is 5. The molecule has 7 nitrogen and oxygen atoms in total. The number of carbonyl (C=O) groups excluding carboxylic acids is 1. The van der Waals surface area contributed by atoms with Crippen molar-refractivity contribution >= 4 is 31.5 Å². The van der Waals surface area contributed by atoms with Crippen LogP contribution in [0, 0.1) is 0 Å². The van der Waals surface area contributed by atoms with Crippen molar-refractivity contribution in [3.63, 3.8) is 0 Å². The summed E-state index contributed by atoms with van der Waals surface area (Å²) in [5, 5.41) is 2.27. The van der Waals surface area contributed by atoms with Crippen molar-refractivity contribution in [3.8, 4) is 0 Å². The molecule has 0 aromatic heterocycles. The van der Waals surface area contributed by atoms with Gasteiger partial charge in [0.25, 0.3) is 15.9 Å². The van der Waals surface area contributed by atoms with E-state index in [4.69, 9.17) is 0 Å². The lowest BCUT2D eigenvalue weighted by atomic mass is 9.87. The largest absolute Gasteiger partial charge is 0.412 e. The fourth-order valence-corrected chi connectivity index (χ4v) is 4.66. The Morgan fingerprint density at radius 3 is 1.97 bits per heavy atom. The van der Waals surface area contributed by atoms with Crippen LogP contribution in [-0.4, -0.2) is 41.7 Å². The summed E-state index contributed by atoms with van der Waals surface area (Å²) in [4.78, 5) is 12.3. The highest BCUT2D eigenvalue weighted by molar-refractivity contribution is 7.92. The summed E-state index contributed by atoms with van der Waals surface area (Å²) in [6, 6.07) is 9.22. The SMILES string of the molecule is C=C(CCNC(=O)c1ccc(S(C)(=O)=O)cc1NS(=O)(=O)c1ccc(C(C)(C)C)cc1)C(F)(F)F. The maximum atomic E-state index is 13.0. The fraction of sp³-hybridized carbons (Fsp3) is 0.348. The van der Waals surface area contributed by atoms with Crippen molar-refractivity contribution in [2.75, 3.05) is 17.5 Å². The van der Waals surface area contributed by atoms with Crippen molar-refractivity contribution in [3.05, 3.63) is 65.7 Å². The number of nitrogens with one attached hydrogen (secondary N) is 2. The van der Waals surface area contributed by atoms with E-state index in [-0.39, 0.29) is 26.5 Å². The topological polar surface area (TPSA) is 109 Å². The zero-order chi connectivity index (χ0) is 26.8. The Morgan fingerprint density at radius 2 is 1.49 bits per heavy atom. The third-order valence-corrected chi connectivity index (χ3v) is 7.54. The number of hydrogen-bond donors (Lipinski definition) is 2. The van der Waals surface area contributed by atoms with E-state index in [1.54, 1.807) is 12.1 Å². The molecule has 0 bridgehead atoms. The molecular formula is C23H27F3N2O5S2. The average molecular weight is 533 g/mol. The molecule has 0 saturated heterocycles. The molecule has 0 aliphatic rings. The third-order valence-electron chi connectivity index (χ3n) is 5.05. The second-order valence-corrected chi connectivity index (χ2v) is 12.7. The zero-order valence-electron chi connectivity index (χ0n) is 19.7. The van der Waals surface area contributed by atoms with Crippen LogP contribution in [0.5, 0.6) is 0 Å². The van der Waals surface area contributed by atoms with Gasteiger partial charge in [-0.3, -0.25) is 9.52 Å². The number of sulfonamides is 1. The summed E-state index contributed by atoms with van der Waals surface area (Å²) in [6.45, 7) is 8.39. The Kier molecular flexibility index (Phi) is 8.12. The molecule has 0 radical (unpaired) electrons. The predicted molar refractivity (Wildman–Crippen MR) is 128 cm³/mol. The van der Waals surface area contributed by atoms with Gasteiger partial charge in [0.1, 0.15) is 0 Å². The van der Waals surface area contributed by atoms with Crippen LogP contribution >= 0.6 is 0 Å². The number of rotatable bonds is 8. The molecule has 0 aliphatic carbocycles. The smallest absolute Gasteiger partial charge is 0.352 e. The minimum atomic E-state index is -4.61. The minimum Gasteiger partial charge on any atom is -0.352 e. The number of sulfone groups is 1.